The summed E-state index contributed by atoms with van der Waals surface area (Å²) in [4.78, 5) is 0.182. The van der Waals surface area contributed by atoms with Crippen LogP contribution in [0, 0.1) is 0 Å². The quantitative estimate of drug-likeness (QED) is 0.826. The zero-order chi connectivity index (χ0) is 16.9. The SMILES string of the molecule is COc1ccc(CCC(C)NS(=O)(=O)c2cccc(Cl)c2)cc1. The lowest BCUT2D eigenvalue weighted by Gasteiger charge is -2.14. The van der Waals surface area contributed by atoms with Crippen LogP contribution in [0.4, 0.5) is 0 Å². The van der Waals surface area contributed by atoms with E-state index in [1.54, 1.807) is 19.2 Å². The van der Waals surface area contributed by atoms with Gasteiger partial charge in [0.25, 0.3) is 0 Å². The molecule has 0 saturated carbocycles. The van der Waals surface area contributed by atoms with E-state index in [4.69, 9.17) is 16.3 Å². The smallest absolute Gasteiger partial charge is 0.240 e. The molecule has 0 aliphatic carbocycles. The number of hydrogen-bond acceptors (Lipinski definition) is 3. The summed E-state index contributed by atoms with van der Waals surface area (Å²) in [5.41, 5.74) is 1.14. The van der Waals surface area contributed by atoms with Crippen molar-refractivity contribution in [3.05, 3.63) is 59.1 Å². The Balaban J connectivity index is 1.94. The van der Waals surface area contributed by atoms with Gasteiger partial charge in [0.05, 0.1) is 12.0 Å². The minimum atomic E-state index is -3.55. The number of halogens is 1. The second-order valence-corrected chi connectivity index (χ2v) is 7.52. The zero-order valence-electron chi connectivity index (χ0n) is 13.1. The highest BCUT2D eigenvalue weighted by molar-refractivity contribution is 7.89. The predicted octanol–water partition coefficient (Wildman–Crippen LogP) is 3.65. The molecule has 0 fully saturated rings. The van der Waals surface area contributed by atoms with Gasteiger partial charge in [-0.05, 0) is 55.7 Å². The van der Waals surface area contributed by atoms with Gasteiger partial charge in [-0.1, -0.05) is 29.8 Å². The maximum atomic E-state index is 12.3. The van der Waals surface area contributed by atoms with Crippen LogP contribution in [-0.4, -0.2) is 21.6 Å². The first-order chi connectivity index (χ1) is 10.9. The molecule has 1 unspecified atom stereocenters. The summed E-state index contributed by atoms with van der Waals surface area (Å²) in [6.45, 7) is 1.85. The second kappa shape index (κ2) is 7.81. The molecule has 2 aromatic rings. The summed E-state index contributed by atoms with van der Waals surface area (Å²) in [5, 5.41) is 0.402. The molecular formula is C17H20ClNO3S. The summed E-state index contributed by atoms with van der Waals surface area (Å²) >= 11 is 5.85. The number of hydrogen-bond donors (Lipinski definition) is 1. The van der Waals surface area contributed by atoms with Crippen LogP contribution in [0.25, 0.3) is 0 Å². The molecule has 23 heavy (non-hydrogen) atoms. The summed E-state index contributed by atoms with van der Waals surface area (Å²) in [5.74, 6) is 0.809. The van der Waals surface area contributed by atoms with Crippen molar-refractivity contribution >= 4 is 21.6 Å². The fourth-order valence-corrected chi connectivity index (χ4v) is 3.78. The van der Waals surface area contributed by atoms with E-state index in [1.165, 1.54) is 12.1 Å². The van der Waals surface area contributed by atoms with Crippen molar-refractivity contribution < 1.29 is 13.2 Å². The third-order valence-electron chi connectivity index (χ3n) is 3.49. The standard InChI is InChI=1S/C17H20ClNO3S/c1-13(6-7-14-8-10-16(22-2)11-9-14)19-23(20,21)17-5-3-4-15(18)12-17/h3-5,8-13,19H,6-7H2,1-2H3. The van der Waals surface area contributed by atoms with Crippen molar-refractivity contribution in [2.45, 2.75) is 30.7 Å². The Morgan fingerprint density at radius 1 is 1.17 bits per heavy atom. The maximum Gasteiger partial charge on any atom is 0.240 e. The largest absolute Gasteiger partial charge is 0.497 e. The second-order valence-electron chi connectivity index (χ2n) is 5.37. The molecule has 0 spiro atoms. The molecule has 1 N–H and O–H groups in total. The summed E-state index contributed by atoms with van der Waals surface area (Å²) < 4.78 is 32.4. The Morgan fingerprint density at radius 3 is 2.48 bits per heavy atom. The molecule has 0 amide bonds. The third-order valence-corrected chi connectivity index (χ3v) is 5.31. The molecule has 0 heterocycles. The zero-order valence-corrected chi connectivity index (χ0v) is 14.7. The Labute approximate surface area is 142 Å². The molecular weight excluding hydrogens is 334 g/mol. The Kier molecular flexibility index (Phi) is 6.04. The van der Waals surface area contributed by atoms with E-state index in [1.807, 2.05) is 31.2 Å². The fraction of sp³-hybridized carbons (Fsp3) is 0.294. The highest BCUT2D eigenvalue weighted by Crippen LogP contribution is 2.17. The first kappa shape index (κ1) is 17.8. The average molecular weight is 354 g/mol. The molecule has 2 rings (SSSR count). The van der Waals surface area contributed by atoms with Crippen molar-refractivity contribution in [2.24, 2.45) is 0 Å². The number of benzene rings is 2. The lowest BCUT2D eigenvalue weighted by Crippen LogP contribution is -2.32. The third kappa shape index (κ3) is 5.23. The Hall–Kier alpha value is -1.56. The van der Waals surface area contributed by atoms with Gasteiger partial charge >= 0.3 is 0 Å². The predicted molar refractivity (Wildman–Crippen MR) is 92.6 cm³/mol. The molecule has 0 radical (unpaired) electrons. The van der Waals surface area contributed by atoms with Gasteiger partial charge in [0.15, 0.2) is 0 Å². The van der Waals surface area contributed by atoms with Gasteiger partial charge in [-0.3, -0.25) is 0 Å². The van der Waals surface area contributed by atoms with Crippen molar-refractivity contribution in [3.8, 4) is 5.75 Å². The average Bonchev–Trinajstić information content (AvgIpc) is 2.53. The van der Waals surface area contributed by atoms with Gasteiger partial charge in [-0.25, -0.2) is 13.1 Å². The first-order valence-corrected chi connectivity index (χ1v) is 9.17. The van der Waals surface area contributed by atoms with Crippen molar-refractivity contribution in [2.75, 3.05) is 7.11 Å². The molecule has 4 nitrogen and oxygen atoms in total. The van der Waals surface area contributed by atoms with E-state index in [0.29, 0.717) is 11.4 Å². The van der Waals surface area contributed by atoms with Crippen molar-refractivity contribution in [1.82, 2.24) is 4.72 Å². The van der Waals surface area contributed by atoms with E-state index in [-0.39, 0.29) is 10.9 Å². The number of aryl methyl sites for hydroxylation is 1. The summed E-state index contributed by atoms with van der Waals surface area (Å²) in [6, 6.07) is 13.8. The van der Waals surface area contributed by atoms with Gasteiger partial charge < -0.3 is 4.74 Å². The Bertz CT molecular complexity index is 745. The molecule has 0 aliphatic rings. The maximum absolute atomic E-state index is 12.3. The molecule has 0 aliphatic heterocycles. The highest BCUT2D eigenvalue weighted by atomic mass is 35.5. The van der Waals surface area contributed by atoms with Gasteiger partial charge in [-0.2, -0.15) is 0 Å². The summed E-state index contributed by atoms with van der Waals surface area (Å²) in [6.07, 6.45) is 1.48. The van der Waals surface area contributed by atoms with Crippen LogP contribution in [0.3, 0.4) is 0 Å². The van der Waals surface area contributed by atoms with Gasteiger partial charge in [0.1, 0.15) is 5.75 Å². The minimum Gasteiger partial charge on any atom is -0.497 e. The lowest BCUT2D eigenvalue weighted by molar-refractivity contribution is 0.414. The molecule has 6 heteroatoms. The van der Waals surface area contributed by atoms with E-state index in [2.05, 4.69) is 4.72 Å². The fourth-order valence-electron chi connectivity index (χ4n) is 2.20. The summed E-state index contributed by atoms with van der Waals surface area (Å²) in [7, 11) is -1.92. The van der Waals surface area contributed by atoms with Gasteiger partial charge in [-0.15, -0.1) is 0 Å². The van der Waals surface area contributed by atoms with Crippen LogP contribution < -0.4 is 9.46 Å². The van der Waals surface area contributed by atoms with Crippen molar-refractivity contribution in [3.63, 3.8) is 0 Å². The topological polar surface area (TPSA) is 55.4 Å². The number of rotatable bonds is 7. The molecule has 124 valence electrons. The minimum absolute atomic E-state index is 0.180. The lowest BCUT2D eigenvalue weighted by atomic mass is 10.1. The van der Waals surface area contributed by atoms with E-state index in [9.17, 15) is 8.42 Å². The molecule has 0 bridgehead atoms. The van der Waals surface area contributed by atoms with Crippen LogP contribution >= 0.6 is 11.6 Å². The van der Waals surface area contributed by atoms with Crippen LogP contribution in [0.1, 0.15) is 18.9 Å². The number of nitrogens with one attached hydrogen (secondary N) is 1. The molecule has 0 aromatic heterocycles. The van der Waals surface area contributed by atoms with Gasteiger partial charge in [0.2, 0.25) is 10.0 Å². The first-order valence-electron chi connectivity index (χ1n) is 7.31. The highest BCUT2D eigenvalue weighted by Gasteiger charge is 2.17. The number of methoxy groups -OCH3 is 1. The molecule has 1 atom stereocenters. The van der Waals surface area contributed by atoms with Gasteiger partial charge in [0, 0.05) is 11.1 Å². The number of ether oxygens (including phenoxy) is 1. The normalized spacial score (nSPS) is 12.8. The molecule has 2 aromatic carbocycles. The Morgan fingerprint density at radius 2 is 1.87 bits per heavy atom. The van der Waals surface area contributed by atoms with Crippen LogP contribution in [0.2, 0.25) is 5.02 Å². The monoisotopic (exact) mass is 353 g/mol. The van der Waals surface area contributed by atoms with Crippen LogP contribution in [-0.2, 0) is 16.4 Å². The van der Waals surface area contributed by atoms with E-state index < -0.39 is 10.0 Å². The van der Waals surface area contributed by atoms with E-state index >= 15 is 0 Å². The number of sulfonamides is 1. The van der Waals surface area contributed by atoms with Crippen molar-refractivity contribution in [1.29, 1.82) is 0 Å². The molecule has 0 saturated heterocycles. The van der Waals surface area contributed by atoms with Crippen LogP contribution in [0.5, 0.6) is 5.75 Å². The van der Waals surface area contributed by atoms with Crippen LogP contribution in [0.15, 0.2) is 53.4 Å². The van der Waals surface area contributed by atoms with E-state index in [0.717, 1.165) is 17.7 Å².